The first kappa shape index (κ1) is 21.2. The molecule has 3 N–H and O–H groups in total. The van der Waals surface area contributed by atoms with E-state index in [1.54, 1.807) is 0 Å². The largest absolute Gasteiger partial charge is 0.508 e. The molecular weight excluding hydrogens is 372 g/mol. The van der Waals surface area contributed by atoms with Crippen LogP contribution in [-0.2, 0) is 19.6 Å². The zero-order valence-electron chi connectivity index (χ0n) is 15.5. The fourth-order valence-corrected chi connectivity index (χ4v) is 4.67. The van der Waals surface area contributed by atoms with Crippen LogP contribution in [-0.4, -0.2) is 53.4 Å². The molecule has 27 heavy (non-hydrogen) atoms. The number of carboxylic acid groups (broad SMARTS) is 1. The monoisotopic (exact) mass is 398 g/mol. The van der Waals surface area contributed by atoms with Crippen molar-refractivity contribution in [3.05, 3.63) is 24.3 Å². The summed E-state index contributed by atoms with van der Waals surface area (Å²) in [6.07, 6.45) is 1.46. The molecule has 0 unspecified atom stereocenters. The molecule has 0 bridgehead atoms. The second-order valence-corrected chi connectivity index (χ2v) is 9.08. The van der Waals surface area contributed by atoms with E-state index in [-0.39, 0.29) is 35.6 Å². The van der Waals surface area contributed by atoms with E-state index >= 15 is 0 Å². The zero-order chi connectivity index (χ0) is 20.2. The highest BCUT2D eigenvalue weighted by Gasteiger charge is 2.41. The Morgan fingerprint density at radius 3 is 2.44 bits per heavy atom. The van der Waals surface area contributed by atoms with Gasteiger partial charge in [-0.25, -0.2) is 8.42 Å². The van der Waals surface area contributed by atoms with Crippen LogP contribution in [0.4, 0.5) is 0 Å². The van der Waals surface area contributed by atoms with Crippen molar-refractivity contribution in [3.63, 3.8) is 0 Å². The van der Waals surface area contributed by atoms with Crippen molar-refractivity contribution in [2.24, 2.45) is 5.92 Å². The van der Waals surface area contributed by atoms with Gasteiger partial charge in [0.25, 0.3) is 0 Å². The Hall–Kier alpha value is -2.13. The molecule has 2 atom stereocenters. The lowest BCUT2D eigenvalue weighted by Crippen LogP contribution is -2.54. The topological polar surface area (TPSA) is 124 Å². The van der Waals surface area contributed by atoms with Crippen molar-refractivity contribution >= 4 is 21.9 Å². The predicted octanol–water partition coefficient (Wildman–Crippen LogP) is 1.55. The lowest BCUT2D eigenvalue weighted by atomic mass is 9.99. The molecule has 1 aromatic rings. The van der Waals surface area contributed by atoms with Crippen LogP contribution in [0.2, 0.25) is 0 Å². The van der Waals surface area contributed by atoms with E-state index in [2.05, 4.69) is 5.32 Å². The summed E-state index contributed by atoms with van der Waals surface area (Å²) >= 11 is 0. The maximum absolute atomic E-state index is 12.8. The average Bonchev–Trinajstić information content (AvgIpc) is 2.60. The van der Waals surface area contributed by atoms with Crippen LogP contribution in [0, 0.1) is 5.92 Å². The number of phenolic OH excluding ortho intramolecular Hbond substituents is 1. The summed E-state index contributed by atoms with van der Waals surface area (Å²) in [6, 6.07) is 3.33. The van der Waals surface area contributed by atoms with Gasteiger partial charge >= 0.3 is 5.97 Å². The Balaban J connectivity index is 2.11. The van der Waals surface area contributed by atoms with E-state index < -0.39 is 22.0 Å². The second kappa shape index (κ2) is 8.71. The Bertz CT molecular complexity index is 776. The number of nitrogens with zero attached hydrogens (tertiary/aromatic N) is 1. The van der Waals surface area contributed by atoms with Crippen molar-refractivity contribution in [1.82, 2.24) is 9.62 Å². The lowest BCUT2D eigenvalue weighted by molar-refractivity contribution is -0.143. The molecule has 0 aliphatic carbocycles. The molecule has 0 aromatic heterocycles. The smallest absolute Gasteiger partial charge is 0.322 e. The van der Waals surface area contributed by atoms with E-state index in [1.165, 1.54) is 24.3 Å². The number of aromatic hydroxyl groups is 1. The minimum absolute atomic E-state index is 0.00466. The van der Waals surface area contributed by atoms with Crippen LogP contribution in [0.15, 0.2) is 29.2 Å². The fraction of sp³-hybridized carbons (Fsp3) is 0.556. The summed E-state index contributed by atoms with van der Waals surface area (Å²) in [5.41, 5.74) is 0. The summed E-state index contributed by atoms with van der Waals surface area (Å²) in [4.78, 5) is 23.6. The Kier molecular flexibility index (Phi) is 6.83. The minimum Gasteiger partial charge on any atom is -0.508 e. The van der Waals surface area contributed by atoms with Crippen LogP contribution >= 0.6 is 0 Å². The second-order valence-electron chi connectivity index (χ2n) is 7.19. The highest BCUT2D eigenvalue weighted by atomic mass is 32.2. The Morgan fingerprint density at radius 1 is 1.26 bits per heavy atom. The highest BCUT2D eigenvalue weighted by Crippen LogP contribution is 2.27. The molecular formula is C18H26N2O6S. The molecule has 1 aromatic carbocycles. The zero-order valence-corrected chi connectivity index (χ0v) is 16.3. The van der Waals surface area contributed by atoms with Gasteiger partial charge in [0.1, 0.15) is 11.8 Å². The van der Waals surface area contributed by atoms with Crippen molar-refractivity contribution in [2.75, 3.05) is 6.54 Å². The molecule has 150 valence electrons. The first-order chi connectivity index (χ1) is 12.6. The molecule has 0 radical (unpaired) electrons. The van der Waals surface area contributed by atoms with Crippen LogP contribution < -0.4 is 5.32 Å². The number of hydrogen-bond donors (Lipinski definition) is 3. The number of piperidine rings is 1. The van der Waals surface area contributed by atoms with Crippen LogP contribution in [0.25, 0.3) is 0 Å². The molecule has 1 amide bonds. The first-order valence-corrected chi connectivity index (χ1v) is 10.4. The van der Waals surface area contributed by atoms with Gasteiger partial charge in [0, 0.05) is 19.0 Å². The third-order valence-electron chi connectivity index (χ3n) is 4.60. The van der Waals surface area contributed by atoms with Crippen molar-refractivity contribution < 1.29 is 28.2 Å². The van der Waals surface area contributed by atoms with Gasteiger partial charge in [0.2, 0.25) is 15.9 Å². The van der Waals surface area contributed by atoms with Gasteiger partial charge < -0.3 is 15.5 Å². The lowest BCUT2D eigenvalue weighted by Gasteiger charge is -2.36. The van der Waals surface area contributed by atoms with Gasteiger partial charge in [0.15, 0.2) is 0 Å². The number of sulfonamides is 1. The van der Waals surface area contributed by atoms with Gasteiger partial charge in [-0.2, -0.15) is 4.31 Å². The van der Waals surface area contributed by atoms with Crippen LogP contribution in [0.1, 0.15) is 39.5 Å². The number of carbonyl (C=O) groups is 2. The number of phenols is 1. The summed E-state index contributed by atoms with van der Waals surface area (Å²) in [7, 11) is -4.02. The highest BCUT2D eigenvalue weighted by molar-refractivity contribution is 7.89. The Morgan fingerprint density at radius 2 is 1.89 bits per heavy atom. The van der Waals surface area contributed by atoms with Crippen molar-refractivity contribution in [3.8, 4) is 5.75 Å². The molecule has 1 heterocycles. The van der Waals surface area contributed by atoms with E-state index in [0.717, 1.165) is 10.7 Å². The summed E-state index contributed by atoms with van der Waals surface area (Å²) in [5, 5.41) is 21.7. The van der Waals surface area contributed by atoms with E-state index in [4.69, 9.17) is 0 Å². The Labute approximate surface area is 159 Å². The molecule has 0 spiro atoms. The number of carbonyl (C=O) groups excluding carboxylic acids is 1. The van der Waals surface area contributed by atoms with Crippen molar-refractivity contribution in [2.45, 2.75) is 56.5 Å². The predicted molar refractivity (Wildman–Crippen MR) is 98.7 cm³/mol. The van der Waals surface area contributed by atoms with E-state index in [9.17, 15) is 28.2 Å². The molecule has 0 saturated carbocycles. The van der Waals surface area contributed by atoms with Gasteiger partial charge in [0.05, 0.1) is 4.90 Å². The number of amides is 1. The summed E-state index contributed by atoms with van der Waals surface area (Å²) in [6.45, 7) is 4.02. The van der Waals surface area contributed by atoms with Crippen LogP contribution in [0.3, 0.4) is 0 Å². The maximum atomic E-state index is 12.8. The van der Waals surface area contributed by atoms with Crippen LogP contribution in [0.5, 0.6) is 5.75 Å². The molecule has 8 nitrogen and oxygen atoms in total. The number of rotatable bonds is 7. The molecule has 1 fully saturated rings. The quantitative estimate of drug-likeness (QED) is 0.640. The van der Waals surface area contributed by atoms with E-state index in [1.807, 2.05) is 13.8 Å². The van der Waals surface area contributed by atoms with Crippen molar-refractivity contribution in [1.29, 1.82) is 0 Å². The molecule has 1 aliphatic rings. The molecule has 1 aliphatic heterocycles. The first-order valence-electron chi connectivity index (χ1n) is 8.94. The number of hydrogen-bond acceptors (Lipinski definition) is 5. The van der Waals surface area contributed by atoms with Gasteiger partial charge in [-0.1, -0.05) is 13.8 Å². The summed E-state index contributed by atoms with van der Waals surface area (Å²) < 4.78 is 26.6. The minimum atomic E-state index is -4.02. The average molecular weight is 398 g/mol. The molecule has 1 saturated heterocycles. The maximum Gasteiger partial charge on any atom is 0.322 e. The fourth-order valence-electron chi connectivity index (χ4n) is 3.06. The summed E-state index contributed by atoms with van der Waals surface area (Å²) in [5.74, 6) is -1.09. The number of benzene rings is 1. The van der Waals surface area contributed by atoms with E-state index in [0.29, 0.717) is 18.8 Å². The van der Waals surface area contributed by atoms with Gasteiger partial charge in [-0.3, -0.25) is 9.59 Å². The number of nitrogens with one attached hydrogen (secondary N) is 1. The third kappa shape index (κ3) is 5.43. The van der Waals surface area contributed by atoms with Gasteiger partial charge in [-0.15, -0.1) is 0 Å². The standard InChI is InChI=1S/C18H26N2O6S/c1-12(2)3-8-17(22)19-13-9-10-20(16(11-13)18(23)24)27(25,26)15-6-4-14(21)5-7-15/h4-7,12-13,16,21H,3,8-11H2,1-2H3,(H,19,22)(H,23,24)/t13-,16-/m1/s1. The normalized spacial score (nSPS) is 21.1. The SMILES string of the molecule is CC(C)CCC(=O)N[C@@H]1CCN(S(=O)(=O)c2ccc(O)cc2)[C@@H](C(=O)O)C1. The number of carboxylic acids is 1. The number of aliphatic carboxylic acids is 1. The molecule has 2 rings (SSSR count). The third-order valence-corrected chi connectivity index (χ3v) is 6.52. The molecule has 9 heteroatoms. The van der Waals surface area contributed by atoms with Gasteiger partial charge in [-0.05, 0) is 49.4 Å².